The van der Waals surface area contributed by atoms with E-state index in [1.54, 1.807) is 24.7 Å². The van der Waals surface area contributed by atoms with Gasteiger partial charge >= 0.3 is 5.97 Å². The Morgan fingerprint density at radius 3 is 2.44 bits per heavy atom. The third-order valence-electron chi connectivity index (χ3n) is 3.54. The lowest BCUT2D eigenvalue weighted by Gasteiger charge is -2.13. The molecule has 2 N–H and O–H groups in total. The summed E-state index contributed by atoms with van der Waals surface area (Å²) in [7, 11) is 0.311. The Morgan fingerprint density at radius 1 is 1.28 bits per heavy atom. The summed E-state index contributed by atoms with van der Waals surface area (Å²) in [5.41, 5.74) is 1.12. The normalized spacial score (nSPS) is 11.4. The molecule has 2 rings (SSSR count). The van der Waals surface area contributed by atoms with Gasteiger partial charge in [-0.05, 0) is 19.1 Å². The van der Waals surface area contributed by atoms with Crippen LogP contribution in [0.25, 0.3) is 0 Å². The van der Waals surface area contributed by atoms with Crippen molar-refractivity contribution in [3.8, 4) is 11.5 Å². The molecule has 0 amide bonds. The molecule has 0 spiro atoms. The second-order valence-electron chi connectivity index (χ2n) is 5.24. The van der Waals surface area contributed by atoms with Crippen molar-refractivity contribution in [3.05, 3.63) is 35.2 Å². The number of hydrogen-bond acceptors (Lipinski definition) is 6. The third kappa shape index (κ3) is 3.91. The van der Waals surface area contributed by atoms with Crippen LogP contribution in [-0.2, 0) is 23.6 Å². The number of carboxylic acids is 1. The van der Waals surface area contributed by atoms with Crippen molar-refractivity contribution in [2.24, 2.45) is 7.05 Å². The molecule has 136 valence electrons. The monoisotopic (exact) mass is 369 g/mol. The van der Waals surface area contributed by atoms with Crippen LogP contribution in [0.4, 0.5) is 0 Å². The summed E-state index contributed by atoms with van der Waals surface area (Å²) in [6.45, 7) is 1.81. The van der Waals surface area contributed by atoms with Crippen molar-refractivity contribution in [3.63, 3.8) is 0 Å². The van der Waals surface area contributed by atoms with E-state index in [9.17, 15) is 18.3 Å². The number of benzene rings is 1. The van der Waals surface area contributed by atoms with Gasteiger partial charge in [-0.1, -0.05) is 0 Å². The molecule has 0 aliphatic rings. The zero-order chi connectivity index (χ0) is 18.8. The van der Waals surface area contributed by atoms with Crippen molar-refractivity contribution < 1.29 is 27.8 Å². The van der Waals surface area contributed by atoms with E-state index >= 15 is 0 Å². The number of ether oxygens (including phenoxy) is 2. The fraction of sp³-hybridized carbons (Fsp3) is 0.333. The molecule has 0 bridgehead atoms. The zero-order valence-electron chi connectivity index (χ0n) is 14.2. The average molecular weight is 369 g/mol. The van der Waals surface area contributed by atoms with Crippen LogP contribution in [0.1, 0.15) is 21.7 Å². The van der Waals surface area contributed by atoms with Gasteiger partial charge in [0.25, 0.3) is 0 Å². The summed E-state index contributed by atoms with van der Waals surface area (Å²) in [6, 6.07) is 3.99. The first-order chi connectivity index (χ1) is 11.7. The lowest BCUT2D eigenvalue weighted by Crippen LogP contribution is -2.25. The van der Waals surface area contributed by atoms with Crippen molar-refractivity contribution in [2.75, 3.05) is 14.2 Å². The fourth-order valence-corrected chi connectivity index (χ4v) is 3.37. The molecule has 1 heterocycles. The molecule has 0 unspecified atom stereocenters. The first kappa shape index (κ1) is 18.7. The molecule has 0 atom stereocenters. The van der Waals surface area contributed by atoms with E-state index in [1.807, 2.05) is 0 Å². The van der Waals surface area contributed by atoms with Gasteiger partial charge in [-0.25, -0.2) is 17.9 Å². The molecule has 10 heteroatoms. The minimum atomic E-state index is -3.97. The number of rotatable bonds is 7. The largest absolute Gasteiger partial charge is 0.493 e. The summed E-state index contributed by atoms with van der Waals surface area (Å²) in [5, 5.41) is 13.4. The lowest BCUT2D eigenvalue weighted by molar-refractivity contribution is 0.0692. The summed E-state index contributed by atoms with van der Waals surface area (Å²) in [4.78, 5) is 11.2. The SMILES string of the molecule is COc1cc(S(=O)(=O)NCc2cc(C)nn2C)cc(C(=O)O)c1OC. The van der Waals surface area contributed by atoms with Gasteiger partial charge in [0.05, 0.1) is 37.0 Å². The van der Waals surface area contributed by atoms with Gasteiger partial charge in [0, 0.05) is 13.1 Å². The van der Waals surface area contributed by atoms with Gasteiger partial charge < -0.3 is 14.6 Å². The second-order valence-corrected chi connectivity index (χ2v) is 7.00. The highest BCUT2D eigenvalue weighted by Gasteiger charge is 2.24. The van der Waals surface area contributed by atoms with Gasteiger partial charge in [0.2, 0.25) is 10.0 Å². The Kier molecular flexibility index (Phi) is 5.33. The standard InChI is InChI=1S/C15H19N3O6S/c1-9-5-10(18(2)17-9)8-16-25(21,22)11-6-12(15(19)20)14(24-4)13(7-11)23-3/h5-7,16H,8H2,1-4H3,(H,19,20). The Bertz CT molecular complexity index is 904. The van der Waals surface area contributed by atoms with Crippen LogP contribution < -0.4 is 14.2 Å². The number of aromatic nitrogens is 2. The van der Waals surface area contributed by atoms with Crippen molar-refractivity contribution in [1.29, 1.82) is 0 Å². The van der Waals surface area contributed by atoms with E-state index in [4.69, 9.17) is 9.47 Å². The van der Waals surface area contributed by atoms with Gasteiger partial charge in [0.15, 0.2) is 11.5 Å². The number of aromatic carboxylic acids is 1. The molecule has 2 aromatic rings. The molecule has 0 radical (unpaired) electrons. The van der Waals surface area contributed by atoms with E-state index in [0.29, 0.717) is 5.69 Å². The van der Waals surface area contributed by atoms with Crippen molar-refractivity contribution in [1.82, 2.24) is 14.5 Å². The molecular formula is C15H19N3O6S. The maximum Gasteiger partial charge on any atom is 0.339 e. The van der Waals surface area contributed by atoms with Crippen molar-refractivity contribution >= 4 is 16.0 Å². The minimum absolute atomic E-state index is 0.0103. The van der Waals surface area contributed by atoms with E-state index < -0.39 is 16.0 Å². The number of nitrogens with zero attached hydrogens (tertiary/aromatic N) is 2. The smallest absolute Gasteiger partial charge is 0.339 e. The molecule has 0 aliphatic heterocycles. The predicted octanol–water partition coefficient (Wildman–Crippen LogP) is 0.922. The molecule has 0 aliphatic carbocycles. The van der Waals surface area contributed by atoms with E-state index in [2.05, 4.69) is 9.82 Å². The molecule has 0 fully saturated rings. The number of hydrogen-bond donors (Lipinski definition) is 2. The Balaban J connectivity index is 2.40. The Labute approximate surface area is 145 Å². The topological polar surface area (TPSA) is 120 Å². The fourth-order valence-electron chi connectivity index (χ4n) is 2.34. The number of sulfonamides is 1. The predicted molar refractivity (Wildman–Crippen MR) is 88.5 cm³/mol. The first-order valence-electron chi connectivity index (χ1n) is 7.18. The highest BCUT2D eigenvalue weighted by molar-refractivity contribution is 7.89. The van der Waals surface area contributed by atoms with Gasteiger partial charge in [0.1, 0.15) is 5.56 Å². The summed E-state index contributed by atoms with van der Waals surface area (Å²) in [5.74, 6) is -1.36. The molecule has 0 saturated heterocycles. The highest BCUT2D eigenvalue weighted by atomic mass is 32.2. The van der Waals surface area contributed by atoms with Crippen LogP contribution in [0.3, 0.4) is 0 Å². The van der Waals surface area contributed by atoms with Crippen LogP contribution in [0, 0.1) is 6.92 Å². The number of methoxy groups -OCH3 is 2. The van der Waals surface area contributed by atoms with Crippen molar-refractivity contribution in [2.45, 2.75) is 18.4 Å². The number of carboxylic acid groups (broad SMARTS) is 1. The molecule has 9 nitrogen and oxygen atoms in total. The molecular weight excluding hydrogens is 350 g/mol. The highest BCUT2D eigenvalue weighted by Crippen LogP contribution is 2.34. The van der Waals surface area contributed by atoms with E-state index in [0.717, 1.165) is 11.8 Å². The number of carbonyl (C=O) groups is 1. The van der Waals surface area contributed by atoms with Crippen LogP contribution in [0.15, 0.2) is 23.1 Å². The van der Waals surface area contributed by atoms with Gasteiger partial charge in [-0.2, -0.15) is 5.10 Å². The zero-order valence-corrected chi connectivity index (χ0v) is 15.0. The Morgan fingerprint density at radius 2 is 1.96 bits per heavy atom. The second kappa shape index (κ2) is 7.11. The van der Waals surface area contributed by atoms with Crippen LogP contribution >= 0.6 is 0 Å². The molecule has 0 saturated carbocycles. The molecule has 1 aromatic heterocycles. The third-order valence-corrected chi connectivity index (χ3v) is 4.92. The quantitative estimate of drug-likeness (QED) is 0.745. The number of nitrogens with one attached hydrogen (secondary N) is 1. The summed E-state index contributed by atoms with van der Waals surface area (Å²) in [6.07, 6.45) is 0. The maximum absolute atomic E-state index is 12.5. The number of aryl methyl sites for hydroxylation is 2. The van der Waals surface area contributed by atoms with Gasteiger partial charge in [-0.3, -0.25) is 4.68 Å². The average Bonchev–Trinajstić information content (AvgIpc) is 2.89. The summed E-state index contributed by atoms with van der Waals surface area (Å²) < 4.78 is 39.1. The molecule has 25 heavy (non-hydrogen) atoms. The van der Waals surface area contributed by atoms with Gasteiger partial charge in [-0.15, -0.1) is 0 Å². The molecule has 1 aromatic carbocycles. The van der Waals surface area contributed by atoms with E-state index in [-0.39, 0.29) is 28.5 Å². The lowest BCUT2D eigenvalue weighted by atomic mass is 10.2. The van der Waals surface area contributed by atoms with Crippen LogP contribution in [0.5, 0.6) is 11.5 Å². The van der Waals surface area contributed by atoms with Crippen LogP contribution in [0.2, 0.25) is 0 Å². The Hall–Kier alpha value is -2.59. The van der Waals surface area contributed by atoms with E-state index in [1.165, 1.54) is 20.3 Å². The van der Waals surface area contributed by atoms with Crippen LogP contribution in [-0.4, -0.2) is 43.5 Å². The first-order valence-corrected chi connectivity index (χ1v) is 8.66. The minimum Gasteiger partial charge on any atom is -0.493 e. The maximum atomic E-state index is 12.5. The summed E-state index contributed by atoms with van der Waals surface area (Å²) >= 11 is 0.